The van der Waals surface area contributed by atoms with Crippen molar-refractivity contribution in [3.05, 3.63) is 0 Å². The zero-order valence-corrected chi connectivity index (χ0v) is 7.21. The Morgan fingerprint density at radius 3 is 2.91 bits per heavy atom. The summed E-state index contributed by atoms with van der Waals surface area (Å²) in [5, 5.41) is 9.89. The van der Waals surface area contributed by atoms with Gasteiger partial charge in [0.25, 0.3) is 0 Å². The maximum absolute atomic E-state index is 9.89. The van der Waals surface area contributed by atoms with Gasteiger partial charge in [-0.3, -0.25) is 0 Å². The van der Waals surface area contributed by atoms with E-state index in [0.717, 1.165) is 19.3 Å². The monoisotopic (exact) mass is 156 g/mol. The van der Waals surface area contributed by atoms with Crippen LogP contribution in [0.25, 0.3) is 0 Å². The van der Waals surface area contributed by atoms with Gasteiger partial charge in [0.05, 0.1) is 6.10 Å². The SMILES string of the molecule is C[C@@H]1C[C@H](C)C2CC[C@]1(O)O2. The first-order valence-corrected chi connectivity index (χ1v) is 4.52. The summed E-state index contributed by atoms with van der Waals surface area (Å²) in [5.74, 6) is 0.181. The lowest BCUT2D eigenvalue weighted by atomic mass is 9.88. The topological polar surface area (TPSA) is 29.5 Å². The van der Waals surface area contributed by atoms with Crippen molar-refractivity contribution in [3.8, 4) is 0 Å². The molecule has 0 aromatic heterocycles. The first-order chi connectivity index (χ1) is 5.12. The van der Waals surface area contributed by atoms with Gasteiger partial charge < -0.3 is 9.84 Å². The van der Waals surface area contributed by atoms with E-state index < -0.39 is 5.79 Å². The maximum atomic E-state index is 9.89. The van der Waals surface area contributed by atoms with Gasteiger partial charge in [-0.15, -0.1) is 0 Å². The minimum atomic E-state index is -0.767. The van der Waals surface area contributed by atoms with Crippen LogP contribution in [-0.2, 0) is 4.74 Å². The van der Waals surface area contributed by atoms with Crippen LogP contribution in [0.4, 0.5) is 0 Å². The number of rotatable bonds is 0. The Labute approximate surface area is 67.6 Å². The number of aliphatic hydroxyl groups is 1. The standard InChI is InChI=1S/C9H16O2/c1-6-5-7(2)9(10)4-3-8(6)11-9/h6-8,10H,3-5H2,1-2H3/t6-,7+,8?,9-/m0/s1. The minimum absolute atomic E-state index is 0.316. The van der Waals surface area contributed by atoms with Crippen molar-refractivity contribution in [2.75, 3.05) is 0 Å². The Morgan fingerprint density at radius 2 is 2.18 bits per heavy atom. The van der Waals surface area contributed by atoms with Crippen LogP contribution in [0.15, 0.2) is 0 Å². The molecule has 0 spiro atoms. The average molecular weight is 156 g/mol. The molecular formula is C9H16O2. The van der Waals surface area contributed by atoms with E-state index in [9.17, 15) is 5.11 Å². The van der Waals surface area contributed by atoms with E-state index in [1.54, 1.807) is 0 Å². The maximum Gasteiger partial charge on any atom is 0.168 e. The van der Waals surface area contributed by atoms with Crippen LogP contribution < -0.4 is 0 Å². The van der Waals surface area contributed by atoms with Crippen molar-refractivity contribution >= 4 is 0 Å². The lowest BCUT2D eigenvalue weighted by molar-refractivity contribution is -0.254. The van der Waals surface area contributed by atoms with E-state index in [1.165, 1.54) is 0 Å². The van der Waals surface area contributed by atoms with E-state index in [1.807, 2.05) is 0 Å². The largest absolute Gasteiger partial charge is 0.365 e. The third kappa shape index (κ3) is 1.00. The van der Waals surface area contributed by atoms with Gasteiger partial charge in [0, 0.05) is 12.3 Å². The molecule has 0 aromatic carbocycles. The van der Waals surface area contributed by atoms with E-state index >= 15 is 0 Å². The second-order valence-electron chi connectivity index (χ2n) is 4.15. The molecule has 2 saturated heterocycles. The third-order valence-corrected chi connectivity index (χ3v) is 3.27. The first-order valence-electron chi connectivity index (χ1n) is 4.52. The summed E-state index contributed by atoms with van der Waals surface area (Å²) in [5.41, 5.74) is 0. The van der Waals surface area contributed by atoms with Crippen LogP contribution in [0.1, 0.15) is 33.1 Å². The highest BCUT2D eigenvalue weighted by Gasteiger charge is 2.49. The van der Waals surface area contributed by atoms with Crippen LogP contribution in [0.5, 0.6) is 0 Å². The molecule has 11 heavy (non-hydrogen) atoms. The number of hydrogen-bond acceptors (Lipinski definition) is 2. The van der Waals surface area contributed by atoms with Crippen molar-refractivity contribution in [2.24, 2.45) is 11.8 Å². The van der Waals surface area contributed by atoms with Gasteiger partial charge in [-0.25, -0.2) is 0 Å². The van der Waals surface area contributed by atoms with Gasteiger partial charge in [-0.05, 0) is 18.8 Å². The lowest BCUT2D eigenvalue weighted by Crippen LogP contribution is -2.42. The Balaban J connectivity index is 2.19. The molecule has 2 heteroatoms. The number of ether oxygens (including phenoxy) is 1. The average Bonchev–Trinajstić information content (AvgIpc) is 2.28. The van der Waals surface area contributed by atoms with Gasteiger partial charge in [0.1, 0.15) is 0 Å². The summed E-state index contributed by atoms with van der Waals surface area (Å²) >= 11 is 0. The molecule has 0 aliphatic carbocycles. The molecule has 1 unspecified atom stereocenters. The molecule has 2 bridgehead atoms. The van der Waals surface area contributed by atoms with E-state index in [-0.39, 0.29) is 0 Å². The van der Waals surface area contributed by atoms with Crippen molar-refractivity contribution in [1.29, 1.82) is 0 Å². The molecule has 0 radical (unpaired) electrons. The van der Waals surface area contributed by atoms with Crippen molar-refractivity contribution in [3.63, 3.8) is 0 Å². The van der Waals surface area contributed by atoms with Crippen LogP contribution in [0.3, 0.4) is 0 Å². The summed E-state index contributed by atoms with van der Waals surface area (Å²) in [6.07, 6.45) is 3.32. The van der Waals surface area contributed by atoms with E-state index in [4.69, 9.17) is 4.74 Å². The Hall–Kier alpha value is -0.0800. The highest BCUT2D eigenvalue weighted by molar-refractivity contribution is 4.92. The second kappa shape index (κ2) is 2.20. The van der Waals surface area contributed by atoms with E-state index in [2.05, 4.69) is 13.8 Å². The van der Waals surface area contributed by atoms with Crippen LogP contribution >= 0.6 is 0 Å². The molecule has 64 valence electrons. The smallest absolute Gasteiger partial charge is 0.168 e. The summed E-state index contributed by atoms with van der Waals surface area (Å²) in [6.45, 7) is 4.30. The summed E-state index contributed by atoms with van der Waals surface area (Å²) in [7, 11) is 0. The fourth-order valence-corrected chi connectivity index (χ4v) is 2.39. The molecule has 4 atom stereocenters. The Bertz CT molecular complexity index is 169. The molecule has 0 aromatic rings. The van der Waals surface area contributed by atoms with E-state index in [0.29, 0.717) is 17.9 Å². The van der Waals surface area contributed by atoms with Crippen LogP contribution in [0.2, 0.25) is 0 Å². The molecule has 2 heterocycles. The molecular weight excluding hydrogens is 140 g/mol. The third-order valence-electron chi connectivity index (χ3n) is 3.27. The zero-order chi connectivity index (χ0) is 8.06. The normalized spacial score (nSPS) is 56.5. The first kappa shape index (κ1) is 7.56. The fraction of sp³-hybridized carbons (Fsp3) is 1.00. The molecule has 2 fully saturated rings. The van der Waals surface area contributed by atoms with Gasteiger partial charge in [-0.2, -0.15) is 0 Å². The highest BCUT2D eigenvalue weighted by atomic mass is 16.6. The lowest BCUT2D eigenvalue weighted by Gasteiger charge is -2.37. The quantitative estimate of drug-likeness (QED) is 0.576. The highest BCUT2D eigenvalue weighted by Crippen LogP contribution is 2.45. The molecule has 2 nitrogen and oxygen atoms in total. The predicted octanol–water partition coefficient (Wildman–Crippen LogP) is 1.53. The second-order valence-corrected chi connectivity index (χ2v) is 4.15. The van der Waals surface area contributed by atoms with Gasteiger partial charge in [0.15, 0.2) is 5.79 Å². The van der Waals surface area contributed by atoms with Gasteiger partial charge in [-0.1, -0.05) is 13.8 Å². The molecule has 1 N–H and O–H groups in total. The van der Waals surface area contributed by atoms with Crippen LogP contribution in [0, 0.1) is 11.8 Å². The summed E-state index contributed by atoms with van der Waals surface area (Å²) in [6, 6.07) is 0. The molecule has 2 aliphatic heterocycles. The summed E-state index contributed by atoms with van der Waals surface area (Å²) < 4.78 is 5.56. The van der Waals surface area contributed by atoms with Crippen molar-refractivity contribution in [2.45, 2.75) is 45.0 Å². The number of hydrogen-bond donors (Lipinski definition) is 1. The van der Waals surface area contributed by atoms with Crippen molar-refractivity contribution < 1.29 is 9.84 Å². The Morgan fingerprint density at radius 1 is 1.45 bits per heavy atom. The predicted molar refractivity (Wildman–Crippen MR) is 42.0 cm³/mol. The van der Waals surface area contributed by atoms with Gasteiger partial charge in [0.2, 0.25) is 0 Å². The van der Waals surface area contributed by atoms with Crippen LogP contribution in [-0.4, -0.2) is 17.0 Å². The zero-order valence-electron chi connectivity index (χ0n) is 7.21. The van der Waals surface area contributed by atoms with Crippen molar-refractivity contribution in [1.82, 2.24) is 0 Å². The van der Waals surface area contributed by atoms with Gasteiger partial charge >= 0.3 is 0 Å². The molecule has 2 rings (SSSR count). The number of fused-ring (bicyclic) bond motifs is 2. The summed E-state index contributed by atoms with van der Waals surface area (Å²) in [4.78, 5) is 0. The minimum Gasteiger partial charge on any atom is -0.365 e. The fourth-order valence-electron chi connectivity index (χ4n) is 2.39. The Kier molecular flexibility index (Phi) is 1.52. The molecule has 0 amide bonds. The molecule has 0 saturated carbocycles. The molecule has 2 aliphatic rings.